The molecule has 0 fully saturated rings. The van der Waals surface area contributed by atoms with Gasteiger partial charge in [0.2, 0.25) is 0 Å². The van der Waals surface area contributed by atoms with Gasteiger partial charge in [0, 0.05) is 4.88 Å². The predicted molar refractivity (Wildman–Crippen MR) is 107 cm³/mol. The number of anilines is 1. The van der Waals surface area contributed by atoms with Crippen molar-refractivity contribution in [2.75, 3.05) is 11.9 Å². The van der Waals surface area contributed by atoms with Crippen LogP contribution in [0.1, 0.15) is 72.6 Å². The Balaban J connectivity index is 2.36. The van der Waals surface area contributed by atoms with Crippen LogP contribution in [0.3, 0.4) is 0 Å². The highest BCUT2D eigenvalue weighted by Crippen LogP contribution is 2.38. The van der Waals surface area contributed by atoms with Gasteiger partial charge >= 0.3 is 5.97 Å². The molecule has 28 heavy (non-hydrogen) atoms. The number of hydrogen-bond acceptors (Lipinski definition) is 4. The zero-order chi connectivity index (χ0) is 21.1. The Labute approximate surface area is 167 Å². The zero-order valence-electron chi connectivity index (χ0n) is 16.7. The number of ether oxygens (including phenoxy) is 1. The maximum atomic E-state index is 13.9. The molecule has 2 rings (SSSR count). The lowest BCUT2D eigenvalue weighted by molar-refractivity contribution is 0.0528. The van der Waals surface area contributed by atoms with Crippen LogP contribution in [-0.2, 0) is 4.74 Å². The minimum absolute atomic E-state index is 0.0849. The fourth-order valence-electron chi connectivity index (χ4n) is 2.97. The molecule has 1 aromatic heterocycles. The molecule has 2 aromatic rings. The van der Waals surface area contributed by atoms with Gasteiger partial charge in [0.05, 0.1) is 17.7 Å². The first-order valence-electron chi connectivity index (χ1n) is 9.09. The summed E-state index contributed by atoms with van der Waals surface area (Å²) in [4.78, 5) is 25.7. The Hall–Kier alpha value is -2.28. The summed E-state index contributed by atoms with van der Waals surface area (Å²) in [5.74, 6) is -2.80. The van der Waals surface area contributed by atoms with Gasteiger partial charge in [-0.2, -0.15) is 0 Å². The monoisotopic (exact) mass is 409 g/mol. The number of benzene rings is 1. The Bertz CT molecular complexity index is 871. The molecule has 7 heteroatoms. The van der Waals surface area contributed by atoms with E-state index in [1.165, 1.54) is 11.3 Å². The van der Waals surface area contributed by atoms with Crippen molar-refractivity contribution in [3.05, 3.63) is 51.9 Å². The van der Waals surface area contributed by atoms with Gasteiger partial charge in [0.15, 0.2) is 0 Å². The molecule has 152 valence electrons. The third kappa shape index (κ3) is 5.61. The maximum Gasteiger partial charge on any atom is 0.341 e. The summed E-state index contributed by atoms with van der Waals surface area (Å²) >= 11 is 1.25. The lowest BCUT2D eigenvalue weighted by Gasteiger charge is -2.22. The molecule has 0 spiro atoms. The molecule has 1 heterocycles. The number of hydrogen-bond donors (Lipinski definition) is 1. The molecule has 1 aromatic carbocycles. The van der Waals surface area contributed by atoms with E-state index in [9.17, 15) is 18.4 Å². The van der Waals surface area contributed by atoms with Crippen LogP contribution in [0.5, 0.6) is 0 Å². The summed E-state index contributed by atoms with van der Waals surface area (Å²) in [7, 11) is 0. The zero-order valence-corrected chi connectivity index (χ0v) is 17.5. The molecule has 0 saturated carbocycles. The van der Waals surface area contributed by atoms with Gasteiger partial charge in [-0.15, -0.1) is 11.3 Å². The highest BCUT2D eigenvalue weighted by molar-refractivity contribution is 7.16. The summed E-state index contributed by atoms with van der Waals surface area (Å²) in [6.07, 6.45) is 0.877. The number of nitrogens with one attached hydrogen (secondary N) is 1. The fraction of sp³-hybridized carbons (Fsp3) is 0.429. The molecule has 1 N–H and O–H groups in total. The summed E-state index contributed by atoms with van der Waals surface area (Å²) < 4.78 is 32.4. The van der Waals surface area contributed by atoms with Crippen molar-refractivity contribution in [3.8, 4) is 0 Å². The summed E-state index contributed by atoms with van der Waals surface area (Å²) in [5.41, 5.74) is -0.123. The van der Waals surface area contributed by atoms with E-state index in [1.807, 2.05) is 6.92 Å². The van der Waals surface area contributed by atoms with Gasteiger partial charge in [-0.25, -0.2) is 13.6 Å². The second-order valence-electron chi connectivity index (χ2n) is 7.86. The van der Waals surface area contributed by atoms with Crippen LogP contribution >= 0.6 is 11.3 Å². The van der Waals surface area contributed by atoms with E-state index in [4.69, 9.17) is 4.74 Å². The van der Waals surface area contributed by atoms with Crippen LogP contribution in [0.2, 0.25) is 0 Å². The highest BCUT2D eigenvalue weighted by Gasteiger charge is 2.25. The van der Waals surface area contributed by atoms with Gasteiger partial charge in [0.1, 0.15) is 16.6 Å². The molecule has 1 amide bonds. The van der Waals surface area contributed by atoms with Gasteiger partial charge in [-0.05, 0) is 48.9 Å². The molecule has 0 aliphatic heterocycles. The second-order valence-corrected chi connectivity index (χ2v) is 8.94. The normalized spacial score (nSPS) is 12.5. The van der Waals surface area contributed by atoms with Crippen LogP contribution in [0.15, 0.2) is 24.3 Å². The second kappa shape index (κ2) is 8.82. The Morgan fingerprint density at radius 2 is 1.86 bits per heavy atom. The molecule has 0 saturated heterocycles. The van der Waals surface area contributed by atoms with Crippen LogP contribution in [0.25, 0.3) is 0 Å². The molecule has 0 aliphatic carbocycles. The van der Waals surface area contributed by atoms with E-state index in [0.29, 0.717) is 0 Å². The standard InChI is InChI=1S/C21H25F2NO3S/c1-6-27-20(26)15-10-17(12(2)11-21(3,4)5)28-19(15)24-18(25)14-9-13(22)7-8-16(14)23/h7-10,12H,6,11H2,1-5H3,(H,24,25). The topological polar surface area (TPSA) is 55.4 Å². The van der Waals surface area contributed by atoms with Crippen LogP contribution in [0.4, 0.5) is 13.8 Å². The van der Waals surface area contributed by atoms with Crippen molar-refractivity contribution in [3.63, 3.8) is 0 Å². The third-order valence-corrected chi connectivity index (χ3v) is 5.33. The van der Waals surface area contributed by atoms with Crippen molar-refractivity contribution < 1.29 is 23.1 Å². The quantitative estimate of drug-likeness (QED) is 0.596. The van der Waals surface area contributed by atoms with Gasteiger partial charge in [0.25, 0.3) is 5.91 Å². The number of amides is 1. The van der Waals surface area contributed by atoms with E-state index in [2.05, 4.69) is 26.1 Å². The summed E-state index contributed by atoms with van der Waals surface area (Å²) in [6, 6.07) is 4.36. The Kier molecular flexibility index (Phi) is 6.93. The third-order valence-electron chi connectivity index (χ3n) is 4.05. The molecule has 0 bridgehead atoms. The van der Waals surface area contributed by atoms with Crippen LogP contribution in [-0.4, -0.2) is 18.5 Å². The smallest absolute Gasteiger partial charge is 0.341 e. The maximum absolute atomic E-state index is 13.9. The first-order chi connectivity index (χ1) is 13.0. The van der Waals surface area contributed by atoms with E-state index in [0.717, 1.165) is 29.5 Å². The van der Waals surface area contributed by atoms with Crippen molar-refractivity contribution in [1.82, 2.24) is 0 Å². The van der Waals surface area contributed by atoms with Crippen molar-refractivity contribution in [1.29, 1.82) is 0 Å². The molecular formula is C21H25F2NO3S. The number of thiophene rings is 1. The fourth-order valence-corrected chi connectivity index (χ4v) is 4.06. The Morgan fingerprint density at radius 3 is 2.46 bits per heavy atom. The van der Waals surface area contributed by atoms with Gasteiger partial charge in [-0.3, -0.25) is 4.79 Å². The van der Waals surface area contributed by atoms with Crippen molar-refractivity contribution in [2.24, 2.45) is 5.41 Å². The van der Waals surface area contributed by atoms with E-state index < -0.39 is 29.1 Å². The van der Waals surface area contributed by atoms with E-state index >= 15 is 0 Å². The molecule has 0 aliphatic rings. The Morgan fingerprint density at radius 1 is 1.18 bits per heavy atom. The number of carbonyl (C=O) groups is 2. The predicted octanol–water partition coefficient (Wildman–Crippen LogP) is 6.00. The van der Waals surface area contributed by atoms with Crippen molar-refractivity contribution in [2.45, 2.75) is 47.0 Å². The highest BCUT2D eigenvalue weighted by atomic mass is 32.1. The molecule has 0 radical (unpaired) electrons. The largest absolute Gasteiger partial charge is 0.462 e. The SMILES string of the molecule is CCOC(=O)c1cc(C(C)CC(C)(C)C)sc1NC(=O)c1cc(F)ccc1F. The molecule has 1 atom stereocenters. The number of carbonyl (C=O) groups excluding carboxylic acids is 2. The number of esters is 1. The average molecular weight is 409 g/mol. The summed E-state index contributed by atoms with van der Waals surface area (Å²) in [6.45, 7) is 10.3. The minimum Gasteiger partial charge on any atom is -0.462 e. The van der Waals surface area contributed by atoms with Gasteiger partial charge < -0.3 is 10.1 Å². The molecule has 1 unspecified atom stereocenters. The van der Waals surface area contributed by atoms with E-state index in [-0.39, 0.29) is 28.5 Å². The first kappa shape index (κ1) is 22.0. The first-order valence-corrected chi connectivity index (χ1v) is 9.90. The average Bonchev–Trinajstić information content (AvgIpc) is 3.00. The van der Waals surface area contributed by atoms with Crippen molar-refractivity contribution >= 4 is 28.2 Å². The van der Waals surface area contributed by atoms with E-state index in [1.54, 1.807) is 13.0 Å². The molecule has 4 nitrogen and oxygen atoms in total. The number of rotatable bonds is 6. The minimum atomic E-state index is -0.838. The number of halogens is 2. The van der Waals surface area contributed by atoms with Crippen LogP contribution < -0.4 is 5.32 Å². The molecular weight excluding hydrogens is 384 g/mol. The van der Waals surface area contributed by atoms with Crippen LogP contribution in [0, 0.1) is 17.0 Å². The lowest BCUT2D eigenvalue weighted by atomic mass is 9.85. The summed E-state index contributed by atoms with van der Waals surface area (Å²) in [5, 5.41) is 2.81. The van der Waals surface area contributed by atoms with Gasteiger partial charge in [-0.1, -0.05) is 27.7 Å². The lowest BCUT2D eigenvalue weighted by Crippen LogP contribution is -2.15.